The Hall–Kier alpha value is -3.99. The van der Waals surface area contributed by atoms with E-state index in [0.29, 0.717) is 11.3 Å². The zero-order chi connectivity index (χ0) is 19.3. The molecule has 8 heteroatoms. The molecule has 0 fully saturated rings. The quantitative estimate of drug-likeness (QED) is 0.623. The molecule has 0 aliphatic heterocycles. The molecule has 126 valence electrons. The largest absolute Gasteiger partial charge is 0.478 e. The number of allylic oxidation sites excluding steroid dienone is 2. The molecule has 1 aromatic carbocycles. The fraction of sp³-hybridized carbons (Fsp3) is 0. The summed E-state index contributed by atoms with van der Waals surface area (Å²) in [4.78, 5) is 11.2. The van der Waals surface area contributed by atoms with E-state index in [-0.39, 0.29) is 33.2 Å². The van der Waals surface area contributed by atoms with Gasteiger partial charge in [-0.05, 0) is 30.3 Å². The van der Waals surface area contributed by atoms with E-state index < -0.39 is 5.97 Å². The Balaban J connectivity index is 2.45. The van der Waals surface area contributed by atoms with Gasteiger partial charge in [0, 0.05) is 11.6 Å². The maximum absolute atomic E-state index is 11.2. The van der Waals surface area contributed by atoms with Gasteiger partial charge in [0.2, 0.25) is 0 Å². The van der Waals surface area contributed by atoms with Crippen LogP contribution in [-0.2, 0) is 0 Å². The lowest BCUT2D eigenvalue weighted by molar-refractivity contribution is 0.0697. The Bertz CT molecular complexity index is 1060. The van der Waals surface area contributed by atoms with Crippen LogP contribution < -0.4 is 5.73 Å². The van der Waals surface area contributed by atoms with Crippen LogP contribution in [-0.4, -0.2) is 11.1 Å². The van der Waals surface area contributed by atoms with Crippen molar-refractivity contribution in [3.63, 3.8) is 0 Å². The Morgan fingerprint density at radius 1 is 1.15 bits per heavy atom. The first kappa shape index (κ1) is 18.4. The van der Waals surface area contributed by atoms with E-state index in [1.807, 2.05) is 0 Å². The monoisotopic (exact) mass is 364 g/mol. The van der Waals surface area contributed by atoms with Crippen LogP contribution in [0, 0.1) is 34.0 Å². The number of carboxylic acids is 1. The standard InChI is InChI=1S/C18H9ClN4O3/c19-15-3-1-10(6-14(15)18(24)25)16-4-2-13(26-16)5-11(7-20)17(23)12(8-21)9-22/h1-6H,23H2,(H,24,25)/b11-5+. The third-order valence-corrected chi connectivity index (χ3v) is 3.63. The Morgan fingerprint density at radius 3 is 2.42 bits per heavy atom. The molecule has 0 spiro atoms. The van der Waals surface area contributed by atoms with Gasteiger partial charge in [0.1, 0.15) is 29.7 Å². The van der Waals surface area contributed by atoms with Crippen LogP contribution in [0.25, 0.3) is 17.4 Å². The van der Waals surface area contributed by atoms with Crippen molar-refractivity contribution in [1.29, 1.82) is 15.8 Å². The van der Waals surface area contributed by atoms with Crippen molar-refractivity contribution in [2.45, 2.75) is 0 Å². The van der Waals surface area contributed by atoms with Crippen LogP contribution >= 0.6 is 11.6 Å². The number of benzene rings is 1. The van der Waals surface area contributed by atoms with Crippen molar-refractivity contribution in [1.82, 2.24) is 0 Å². The normalized spacial score (nSPS) is 10.3. The van der Waals surface area contributed by atoms with Crippen molar-refractivity contribution < 1.29 is 14.3 Å². The molecule has 0 saturated carbocycles. The highest BCUT2D eigenvalue weighted by atomic mass is 35.5. The van der Waals surface area contributed by atoms with Gasteiger partial charge < -0.3 is 15.3 Å². The van der Waals surface area contributed by atoms with Crippen molar-refractivity contribution in [2.75, 3.05) is 0 Å². The first-order valence-corrected chi connectivity index (χ1v) is 7.34. The van der Waals surface area contributed by atoms with Gasteiger partial charge >= 0.3 is 5.97 Å². The molecule has 0 amide bonds. The first-order chi connectivity index (χ1) is 12.4. The molecule has 0 aliphatic rings. The number of carboxylic acid groups (broad SMARTS) is 1. The van der Waals surface area contributed by atoms with Crippen molar-refractivity contribution in [2.24, 2.45) is 5.73 Å². The van der Waals surface area contributed by atoms with Gasteiger partial charge in [0.25, 0.3) is 0 Å². The van der Waals surface area contributed by atoms with Gasteiger partial charge in [0.15, 0.2) is 5.57 Å². The van der Waals surface area contributed by atoms with Gasteiger partial charge in [-0.1, -0.05) is 11.6 Å². The molecule has 0 saturated heterocycles. The van der Waals surface area contributed by atoms with Crippen LogP contribution in [0.5, 0.6) is 0 Å². The number of carbonyl (C=O) groups is 1. The molecule has 26 heavy (non-hydrogen) atoms. The van der Waals surface area contributed by atoms with Crippen molar-refractivity contribution in [3.8, 4) is 29.5 Å². The number of hydrogen-bond acceptors (Lipinski definition) is 6. The maximum Gasteiger partial charge on any atom is 0.337 e. The zero-order valence-electron chi connectivity index (χ0n) is 13.0. The molecule has 0 unspecified atom stereocenters. The second-order valence-corrected chi connectivity index (χ2v) is 5.29. The zero-order valence-corrected chi connectivity index (χ0v) is 13.8. The van der Waals surface area contributed by atoms with E-state index in [9.17, 15) is 10.1 Å². The smallest absolute Gasteiger partial charge is 0.337 e. The second kappa shape index (κ2) is 7.72. The van der Waals surface area contributed by atoms with E-state index >= 15 is 0 Å². The third-order valence-electron chi connectivity index (χ3n) is 3.30. The van der Waals surface area contributed by atoms with E-state index in [1.54, 1.807) is 30.3 Å². The summed E-state index contributed by atoms with van der Waals surface area (Å²) in [5.74, 6) is -0.591. The number of aromatic carboxylic acids is 1. The predicted molar refractivity (Wildman–Crippen MR) is 92.1 cm³/mol. The summed E-state index contributed by atoms with van der Waals surface area (Å²) < 4.78 is 5.57. The lowest BCUT2D eigenvalue weighted by Gasteiger charge is -2.02. The third kappa shape index (κ3) is 3.73. The molecule has 0 aliphatic carbocycles. The summed E-state index contributed by atoms with van der Waals surface area (Å²) in [6.07, 6.45) is 1.28. The van der Waals surface area contributed by atoms with E-state index in [0.717, 1.165) is 0 Å². The molecule has 2 aromatic rings. The van der Waals surface area contributed by atoms with Gasteiger partial charge in [0.05, 0.1) is 21.9 Å². The summed E-state index contributed by atoms with van der Waals surface area (Å²) in [5.41, 5.74) is 5.31. The summed E-state index contributed by atoms with van der Waals surface area (Å²) in [5, 5.41) is 36.0. The SMILES string of the molecule is N#CC(C#N)=C(N)/C(C#N)=C/c1ccc(-c2ccc(Cl)c(C(=O)O)c2)o1. The molecule has 1 heterocycles. The Labute approximate surface area is 153 Å². The summed E-state index contributed by atoms with van der Waals surface area (Å²) in [7, 11) is 0. The average Bonchev–Trinajstić information content (AvgIpc) is 3.09. The lowest BCUT2D eigenvalue weighted by Crippen LogP contribution is -2.03. The lowest BCUT2D eigenvalue weighted by atomic mass is 10.1. The topological polar surface area (TPSA) is 148 Å². The number of nitriles is 3. The average molecular weight is 365 g/mol. The highest BCUT2D eigenvalue weighted by Crippen LogP contribution is 2.28. The minimum Gasteiger partial charge on any atom is -0.478 e. The molecule has 2 rings (SSSR count). The van der Waals surface area contributed by atoms with Crippen molar-refractivity contribution >= 4 is 23.6 Å². The first-order valence-electron chi connectivity index (χ1n) is 6.96. The number of rotatable bonds is 4. The van der Waals surface area contributed by atoms with E-state index in [4.69, 9.17) is 37.4 Å². The minimum absolute atomic E-state index is 0.0739. The molecule has 0 bridgehead atoms. The molecule has 1 aromatic heterocycles. The molecule has 0 radical (unpaired) electrons. The summed E-state index contributed by atoms with van der Waals surface area (Å²) >= 11 is 5.83. The fourth-order valence-electron chi connectivity index (χ4n) is 2.02. The molecular weight excluding hydrogens is 356 g/mol. The van der Waals surface area contributed by atoms with Crippen LogP contribution in [0.1, 0.15) is 16.1 Å². The summed E-state index contributed by atoms with van der Waals surface area (Å²) in [6.45, 7) is 0. The van der Waals surface area contributed by atoms with E-state index in [1.165, 1.54) is 24.3 Å². The summed E-state index contributed by atoms with van der Waals surface area (Å²) in [6, 6.07) is 12.5. The van der Waals surface area contributed by atoms with Gasteiger partial charge in [-0.2, -0.15) is 15.8 Å². The molecule has 7 nitrogen and oxygen atoms in total. The van der Waals surface area contributed by atoms with Gasteiger partial charge in [-0.25, -0.2) is 4.79 Å². The van der Waals surface area contributed by atoms with Gasteiger partial charge in [-0.15, -0.1) is 0 Å². The number of hydrogen-bond donors (Lipinski definition) is 2. The molecule has 0 atom stereocenters. The highest BCUT2D eigenvalue weighted by molar-refractivity contribution is 6.33. The highest BCUT2D eigenvalue weighted by Gasteiger charge is 2.13. The second-order valence-electron chi connectivity index (χ2n) is 4.88. The minimum atomic E-state index is -1.17. The van der Waals surface area contributed by atoms with Crippen LogP contribution in [0.4, 0.5) is 0 Å². The predicted octanol–water partition coefficient (Wildman–Crippen LogP) is 3.47. The molecular formula is C18H9ClN4O3. The van der Waals surface area contributed by atoms with Crippen LogP contribution in [0.15, 0.2) is 51.6 Å². The Kier molecular flexibility index (Phi) is 5.45. The Morgan fingerprint density at radius 2 is 1.85 bits per heavy atom. The molecule has 3 N–H and O–H groups in total. The van der Waals surface area contributed by atoms with Gasteiger partial charge in [-0.3, -0.25) is 0 Å². The number of furan rings is 1. The number of halogens is 1. The van der Waals surface area contributed by atoms with E-state index in [2.05, 4.69) is 0 Å². The maximum atomic E-state index is 11.2. The fourth-order valence-corrected chi connectivity index (χ4v) is 2.22. The number of nitrogens with zero attached hydrogens (tertiary/aromatic N) is 3. The van der Waals surface area contributed by atoms with Crippen LogP contribution in [0.2, 0.25) is 5.02 Å². The van der Waals surface area contributed by atoms with Crippen LogP contribution in [0.3, 0.4) is 0 Å². The van der Waals surface area contributed by atoms with Crippen molar-refractivity contribution in [3.05, 3.63) is 63.5 Å². The number of nitrogens with two attached hydrogens (primary N) is 1.